The Morgan fingerprint density at radius 3 is 2.86 bits per heavy atom. The molecular weight excluding hydrogens is 284 g/mol. The molecule has 3 rings (SSSR count). The molecule has 0 saturated carbocycles. The Kier molecular flexibility index (Phi) is 4.15. The first-order valence-corrected chi connectivity index (χ1v) is 7.83. The molecule has 1 atom stereocenters. The van der Waals surface area contributed by atoms with Gasteiger partial charge in [-0.2, -0.15) is 5.10 Å². The topological polar surface area (TPSA) is 67.7 Å². The van der Waals surface area contributed by atoms with Gasteiger partial charge in [-0.1, -0.05) is 13.8 Å². The van der Waals surface area contributed by atoms with Gasteiger partial charge in [-0.15, -0.1) is 0 Å². The molecule has 0 unspecified atom stereocenters. The molecule has 7 heteroatoms. The van der Waals surface area contributed by atoms with E-state index in [-0.39, 0.29) is 17.7 Å². The molecule has 2 aliphatic heterocycles. The van der Waals surface area contributed by atoms with Gasteiger partial charge < -0.3 is 4.90 Å². The van der Waals surface area contributed by atoms with Gasteiger partial charge in [0.05, 0.1) is 25.4 Å². The summed E-state index contributed by atoms with van der Waals surface area (Å²) in [5.41, 5.74) is 0.885. The summed E-state index contributed by atoms with van der Waals surface area (Å²) < 4.78 is 1.73. The average Bonchev–Trinajstić information content (AvgIpc) is 3.01. The number of fused-ring (bicyclic) bond motifs is 1. The van der Waals surface area contributed by atoms with Crippen LogP contribution in [0.1, 0.15) is 38.4 Å². The summed E-state index contributed by atoms with van der Waals surface area (Å²) >= 11 is 0. The molecule has 1 aromatic rings. The van der Waals surface area contributed by atoms with Crippen molar-refractivity contribution in [1.29, 1.82) is 0 Å². The van der Waals surface area contributed by atoms with Gasteiger partial charge in [0.1, 0.15) is 0 Å². The number of hydroxylamine groups is 2. The quantitative estimate of drug-likeness (QED) is 0.817. The van der Waals surface area contributed by atoms with Gasteiger partial charge >= 0.3 is 0 Å². The minimum Gasteiger partial charge on any atom is -0.334 e. The number of hydrogen-bond acceptors (Lipinski definition) is 4. The van der Waals surface area contributed by atoms with Gasteiger partial charge in [-0.05, 0) is 18.9 Å². The Labute approximate surface area is 129 Å². The van der Waals surface area contributed by atoms with Crippen LogP contribution in [-0.4, -0.2) is 51.3 Å². The number of carbonyl (C=O) groups excluding carboxylic acids is 2. The van der Waals surface area contributed by atoms with Crippen molar-refractivity contribution in [2.75, 3.05) is 19.7 Å². The lowest BCUT2D eigenvalue weighted by atomic mass is 10.1. The van der Waals surface area contributed by atoms with Crippen molar-refractivity contribution in [3.8, 4) is 0 Å². The minimum absolute atomic E-state index is 0.0600. The summed E-state index contributed by atoms with van der Waals surface area (Å²) in [7, 11) is 0. The van der Waals surface area contributed by atoms with Gasteiger partial charge in [0.25, 0.3) is 5.91 Å². The van der Waals surface area contributed by atoms with E-state index in [1.54, 1.807) is 15.8 Å². The molecule has 22 heavy (non-hydrogen) atoms. The van der Waals surface area contributed by atoms with E-state index >= 15 is 0 Å². The van der Waals surface area contributed by atoms with Gasteiger partial charge in [0, 0.05) is 18.7 Å². The molecule has 0 aliphatic carbocycles. The van der Waals surface area contributed by atoms with Gasteiger partial charge in [0.2, 0.25) is 5.91 Å². The van der Waals surface area contributed by atoms with E-state index in [2.05, 4.69) is 5.10 Å². The second-order valence-electron chi connectivity index (χ2n) is 6.14. The highest BCUT2D eigenvalue weighted by Crippen LogP contribution is 2.24. The molecule has 3 heterocycles. The third-order valence-electron chi connectivity index (χ3n) is 4.13. The first-order valence-electron chi connectivity index (χ1n) is 7.83. The van der Waals surface area contributed by atoms with E-state index in [1.807, 2.05) is 19.9 Å². The number of rotatable bonds is 2. The number of nitrogens with zero attached hydrogens (tertiary/aromatic N) is 4. The van der Waals surface area contributed by atoms with E-state index in [1.165, 1.54) is 5.06 Å². The van der Waals surface area contributed by atoms with Gasteiger partial charge in [-0.25, -0.2) is 5.06 Å². The summed E-state index contributed by atoms with van der Waals surface area (Å²) in [6.07, 6.45) is 3.59. The van der Waals surface area contributed by atoms with Crippen LogP contribution < -0.4 is 0 Å². The first-order chi connectivity index (χ1) is 10.6. The average molecular weight is 306 g/mol. The maximum Gasteiger partial charge on any atom is 0.272 e. The highest BCUT2D eigenvalue weighted by Gasteiger charge is 2.36. The number of aromatic nitrogens is 2. The van der Waals surface area contributed by atoms with Crippen LogP contribution >= 0.6 is 0 Å². The van der Waals surface area contributed by atoms with Crippen LogP contribution in [0.3, 0.4) is 0 Å². The molecule has 0 radical (unpaired) electrons. The second kappa shape index (κ2) is 6.08. The summed E-state index contributed by atoms with van der Waals surface area (Å²) in [4.78, 5) is 32.3. The van der Waals surface area contributed by atoms with Crippen LogP contribution in [0, 0.1) is 5.92 Å². The van der Waals surface area contributed by atoms with Crippen molar-refractivity contribution in [3.63, 3.8) is 0 Å². The summed E-state index contributed by atoms with van der Waals surface area (Å²) in [6.45, 7) is 5.77. The van der Waals surface area contributed by atoms with E-state index in [4.69, 9.17) is 4.84 Å². The summed E-state index contributed by atoms with van der Waals surface area (Å²) in [5, 5.41) is 5.70. The molecular formula is C15H22N4O3. The van der Waals surface area contributed by atoms with Crippen LogP contribution in [0.15, 0.2) is 12.3 Å². The number of amides is 2. The predicted octanol–water partition coefficient (Wildman–Crippen LogP) is 0.976. The molecule has 0 aromatic carbocycles. The lowest BCUT2D eigenvalue weighted by Gasteiger charge is -2.36. The van der Waals surface area contributed by atoms with Gasteiger partial charge in [0.15, 0.2) is 6.04 Å². The van der Waals surface area contributed by atoms with Gasteiger partial charge in [-0.3, -0.25) is 19.1 Å². The monoisotopic (exact) mass is 306 g/mol. The molecule has 0 spiro atoms. The maximum absolute atomic E-state index is 12.8. The van der Waals surface area contributed by atoms with E-state index in [9.17, 15) is 9.59 Å². The highest BCUT2D eigenvalue weighted by molar-refractivity contribution is 5.83. The Morgan fingerprint density at radius 2 is 2.18 bits per heavy atom. The minimum atomic E-state index is -0.500. The lowest BCUT2D eigenvalue weighted by Crippen LogP contribution is -2.49. The normalized spacial score (nSPS) is 21.9. The molecule has 1 fully saturated rings. The zero-order valence-electron chi connectivity index (χ0n) is 13.1. The third kappa shape index (κ3) is 2.72. The number of carbonyl (C=O) groups is 2. The van der Waals surface area contributed by atoms with E-state index in [0.717, 1.165) is 18.5 Å². The fraction of sp³-hybridized carbons (Fsp3) is 0.667. The Hall–Kier alpha value is -1.89. The van der Waals surface area contributed by atoms with Crippen LogP contribution in [0.25, 0.3) is 0 Å². The highest BCUT2D eigenvalue weighted by atomic mass is 16.7. The standard InChI is InChI=1S/C15H22N4O3/c1-11(2)14(20)17-9-12-5-6-16-19(12)13(10-17)15(21)18-7-3-4-8-22-18/h5-6,11,13H,3-4,7-10H2,1-2H3/t13-/m0/s1. The molecule has 120 valence electrons. The summed E-state index contributed by atoms with van der Waals surface area (Å²) in [6, 6.07) is 1.36. The first kappa shape index (κ1) is 15.0. The van der Waals surface area contributed by atoms with Crippen molar-refractivity contribution >= 4 is 11.8 Å². The van der Waals surface area contributed by atoms with E-state index in [0.29, 0.717) is 26.2 Å². The molecule has 2 amide bonds. The molecule has 0 N–H and O–H groups in total. The zero-order chi connectivity index (χ0) is 15.7. The molecule has 2 aliphatic rings. The third-order valence-corrected chi connectivity index (χ3v) is 4.13. The Balaban J connectivity index is 1.83. The SMILES string of the molecule is CC(C)C(=O)N1Cc2ccnn2[C@H](C(=O)N2CCCCO2)C1. The Morgan fingerprint density at radius 1 is 1.36 bits per heavy atom. The predicted molar refractivity (Wildman–Crippen MR) is 78.4 cm³/mol. The van der Waals surface area contributed by atoms with Crippen molar-refractivity contribution in [2.45, 2.75) is 39.3 Å². The Bertz CT molecular complexity index is 563. The molecule has 0 bridgehead atoms. The van der Waals surface area contributed by atoms with Crippen LogP contribution in [0.5, 0.6) is 0 Å². The summed E-state index contributed by atoms with van der Waals surface area (Å²) in [5.74, 6) is -0.146. The van der Waals surface area contributed by atoms with Crippen LogP contribution in [0.4, 0.5) is 0 Å². The second-order valence-corrected chi connectivity index (χ2v) is 6.14. The van der Waals surface area contributed by atoms with Crippen molar-refractivity contribution < 1.29 is 14.4 Å². The zero-order valence-corrected chi connectivity index (χ0v) is 13.1. The van der Waals surface area contributed by atoms with E-state index < -0.39 is 6.04 Å². The largest absolute Gasteiger partial charge is 0.334 e. The smallest absolute Gasteiger partial charge is 0.272 e. The van der Waals surface area contributed by atoms with Crippen LogP contribution in [-0.2, 0) is 21.0 Å². The molecule has 1 saturated heterocycles. The fourth-order valence-electron chi connectivity index (χ4n) is 2.95. The fourth-order valence-corrected chi connectivity index (χ4v) is 2.95. The maximum atomic E-state index is 12.8. The van der Waals surface area contributed by atoms with Crippen molar-refractivity contribution in [1.82, 2.24) is 19.7 Å². The van der Waals surface area contributed by atoms with Crippen LogP contribution in [0.2, 0.25) is 0 Å². The lowest BCUT2D eigenvalue weighted by molar-refractivity contribution is -0.201. The van der Waals surface area contributed by atoms with Crippen molar-refractivity contribution in [3.05, 3.63) is 18.0 Å². The molecule has 7 nitrogen and oxygen atoms in total. The molecule has 1 aromatic heterocycles. The van der Waals surface area contributed by atoms with Crippen molar-refractivity contribution in [2.24, 2.45) is 5.92 Å². The number of hydrogen-bond donors (Lipinski definition) is 0.